The van der Waals surface area contributed by atoms with Crippen LogP contribution in [-0.2, 0) is 4.79 Å². The number of alkyl halides is 3. The van der Waals surface area contributed by atoms with Gasteiger partial charge < -0.3 is 10.2 Å². The zero-order valence-electron chi connectivity index (χ0n) is 9.29. The average Bonchev–Trinajstić information content (AvgIpc) is 2.29. The zero-order valence-corrected chi connectivity index (χ0v) is 9.29. The molecule has 0 saturated heterocycles. The predicted octanol–water partition coefficient (Wildman–Crippen LogP) is 1.80. The fourth-order valence-corrected chi connectivity index (χ4v) is 1.33. The number of likely N-dealkylation sites (N-methyl/N-ethyl adjacent to an activating group) is 1. The van der Waals surface area contributed by atoms with Crippen LogP contribution in [0.3, 0.4) is 0 Å². The second kappa shape index (κ2) is 5.67. The molecule has 1 rings (SSSR count). The Balaban J connectivity index is 2.92. The molecule has 1 aromatic carbocycles. The largest absolute Gasteiger partial charge is 0.471 e. The third-order valence-electron chi connectivity index (χ3n) is 2.14. The molecular weight excluding hydrogens is 233 g/mol. The maximum Gasteiger partial charge on any atom is 0.471 e. The molecule has 6 heteroatoms. The SMILES string of the molecule is CNCCN(C(=O)C(F)(F)F)c1ccccc1. The molecule has 0 unspecified atom stereocenters. The molecule has 1 N–H and O–H groups in total. The smallest absolute Gasteiger partial charge is 0.318 e. The molecule has 0 aliphatic heterocycles. The van der Waals surface area contributed by atoms with Crippen molar-refractivity contribution in [3.05, 3.63) is 30.3 Å². The molecule has 0 aliphatic carbocycles. The summed E-state index contributed by atoms with van der Waals surface area (Å²) in [6, 6.07) is 7.80. The average molecular weight is 246 g/mol. The van der Waals surface area contributed by atoms with Gasteiger partial charge in [0.2, 0.25) is 0 Å². The summed E-state index contributed by atoms with van der Waals surface area (Å²) in [4.78, 5) is 12.0. The van der Waals surface area contributed by atoms with Crippen molar-refractivity contribution in [2.45, 2.75) is 6.18 Å². The van der Waals surface area contributed by atoms with Gasteiger partial charge in [0, 0.05) is 18.8 Å². The van der Waals surface area contributed by atoms with Crippen molar-refractivity contribution in [3.8, 4) is 0 Å². The van der Waals surface area contributed by atoms with E-state index in [1.54, 1.807) is 25.2 Å². The minimum Gasteiger partial charge on any atom is -0.318 e. The number of anilines is 1. The van der Waals surface area contributed by atoms with Gasteiger partial charge in [-0.3, -0.25) is 4.79 Å². The Morgan fingerprint density at radius 3 is 2.35 bits per heavy atom. The Labute approximate surface area is 97.2 Å². The van der Waals surface area contributed by atoms with Gasteiger partial charge in [-0.15, -0.1) is 0 Å². The van der Waals surface area contributed by atoms with Gasteiger partial charge in [0.25, 0.3) is 0 Å². The molecule has 1 amide bonds. The summed E-state index contributed by atoms with van der Waals surface area (Å²) < 4.78 is 37.2. The number of halogens is 3. The summed E-state index contributed by atoms with van der Waals surface area (Å²) in [6.45, 7) is 0.259. The van der Waals surface area contributed by atoms with Crippen LogP contribution in [0.1, 0.15) is 0 Å². The fraction of sp³-hybridized carbons (Fsp3) is 0.364. The van der Waals surface area contributed by atoms with Gasteiger partial charge in [0.1, 0.15) is 0 Å². The summed E-state index contributed by atoms with van der Waals surface area (Å²) >= 11 is 0. The first-order chi connectivity index (χ1) is 7.96. The molecular formula is C11H13F3N2O. The lowest BCUT2D eigenvalue weighted by molar-refractivity contribution is -0.170. The lowest BCUT2D eigenvalue weighted by Gasteiger charge is -2.23. The van der Waals surface area contributed by atoms with Crippen LogP contribution < -0.4 is 10.2 Å². The highest BCUT2D eigenvalue weighted by atomic mass is 19.4. The topological polar surface area (TPSA) is 32.3 Å². The number of amides is 1. The number of benzene rings is 1. The van der Waals surface area contributed by atoms with E-state index >= 15 is 0 Å². The second-order valence-electron chi connectivity index (χ2n) is 3.39. The van der Waals surface area contributed by atoms with Crippen molar-refractivity contribution in [1.29, 1.82) is 0 Å². The molecule has 1 aromatic rings. The van der Waals surface area contributed by atoms with E-state index in [9.17, 15) is 18.0 Å². The normalized spacial score (nSPS) is 11.3. The quantitative estimate of drug-likeness (QED) is 0.878. The van der Waals surface area contributed by atoms with Crippen molar-refractivity contribution in [3.63, 3.8) is 0 Å². The summed E-state index contributed by atoms with van der Waals surface area (Å²) in [5.41, 5.74) is 0.241. The zero-order chi connectivity index (χ0) is 12.9. The monoisotopic (exact) mass is 246 g/mol. The lowest BCUT2D eigenvalue weighted by Crippen LogP contribution is -2.44. The summed E-state index contributed by atoms with van der Waals surface area (Å²) in [5, 5.41) is 2.71. The molecule has 0 aliphatic rings. The van der Waals surface area contributed by atoms with Gasteiger partial charge in [0.05, 0.1) is 0 Å². The van der Waals surface area contributed by atoms with Gasteiger partial charge >= 0.3 is 12.1 Å². The maximum absolute atomic E-state index is 12.4. The van der Waals surface area contributed by atoms with Gasteiger partial charge in [-0.25, -0.2) is 0 Å². The first kappa shape index (κ1) is 13.5. The van der Waals surface area contributed by atoms with E-state index < -0.39 is 12.1 Å². The summed E-state index contributed by atoms with van der Waals surface area (Å²) in [5.74, 6) is -1.85. The summed E-state index contributed by atoms with van der Waals surface area (Å²) in [7, 11) is 1.61. The molecule has 0 aromatic heterocycles. The van der Waals surface area contributed by atoms with E-state index in [0.717, 1.165) is 4.90 Å². The van der Waals surface area contributed by atoms with Crippen LogP contribution in [0.15, 0.2) is 30.3 Å². The van der Waals surface area contributed by atoms with Gasteiger partial charge in [-0.05, 0) is 19.2 Å². The summed E-state index contributed by atoms with van der Waals surface area (Å²) in [6.07, 6.45) is -4.86. The molecule has 0 spiro atoms. The number of hydrogen-bond acceptors (Lipinski definition) is 2. The predicted molar refractivity (Wildman–Crippen MR) is 58.8 cm³/mol. The molecule has 0 saturated carbocycles. The number of carbonyl (C=O) groups excluding carboxylic acids is 1. The van der Waals surface area contributed by atoms with Crippen LogP contribution in [0, 0.1) is 0 Å². The van der Waals surface area contributed by atoms with Crippen molar-refractivity contribution >= 4 is 11.6 Å². The number of hydrogen-bond donors (Lipinski definition) is 1. The van der Waals surface area contributed by atoms with E-state index in [-0.39, 0.29) is 18.8 Å². The number of para-hydroxylation sites is 1. The van der Waals surface area contributed by atoms with Crippen LogP contribution >= 0.6 is 0 Å². The second-order valence-corrected chi connectivity index (χ2v) is 3.39. The molecule has 3 nitrogen and oxygen atoms in total. The first-order valence-corrected chi connectivity index (χ1v) is 5.05. The standard InChI is InChI=1S/C11H13F3N2O/c1-15-7-8-16(10(17)11(12,13)14)9-5-3-2-4-6-9/h2-6,15H,7-8H2,1H3. The molecule has 94 valence electrons. The minimum atomic E-state index is -4.86. The van der Waals surface area contributed by atoms with Crippen molar-refractivity contribution in [2.24, 2.45) is 0 Å². The maximum atomic E-state index is 12.4. The van der Waals surface area contributed by atoms with E-state index in [2.05, 4.69) is 5.32 Å². The minimum absolute atomic E-state index is 0.0289. The number of nitrogens with zero attached hydrogens (tertiary/aromatic N) is 1. The van der Waals surface area contributed by atoms with Crippen LogP contribution in [0.2, 0.25) is 0 Å². The van der Waals surface area contributed by atoms with Crippen molar-refractivity contribution in [1.82, 2.24) is 5.32 Å². The highest BCUT2D eigenvalue weighted by Crippen LogP contribution is 2.23. The number of nitrogens with one attached hydrogen (secondary N) is 1. The molecule has 0 radical (unpaired) electrons. The fourth-order valence-electron chi connectivity index (χ4n) is 1.33. The first-order valence-electron chi connectivity index (χ1n) is 5.05. The van der Waals surface area contributed by atoms with Crippen molar-refractivity contribution in [2.75, 3.05) is 25.0 Å². The Bertz CT molecular complexity index is 365. The highest BCUT2D eigenvalue weighted by Gasteiger charge is 2.42. The van der Waals surface area contributed by atoms with Crippen molar-refractivity contribution < 1.29 is 18.0 Å². The third kappa shape index (κ3) is 3.74. The van der Waals surface area contributed by atoms with E-state index in [0.29, 0.717) is 0 Å². The molecule has 0 atom stereocenters. The van der Waals surface area contributed by atoms with Gasteiger partial charge in [0.15, 0.2) is 0 Å². The van der Waals surface area contributed by atoms with Gasteiger partial charge in [-0.1, -0.05) is 18.2 Å². The Hall–Kier alpha value is -1.56. The van der Waals surface area contributed by atoms with Crippen LogP contribution in [0.5, 0.6) is 0 Å². The van der Waals surface area contributed by atoms with Crippen LogP contribution in [0.25, 0.3) is 0 Å². The van der Waals surface area contributed by atoms with E-state index in [1.807, 2.05) is 0 Å². The lowest BCUT2D eigenvalue weighted by atomic mass is 10.2. The van der Waals surface area contributed by atoms with Crippen LogP contribution in [-0.4, -0.2) is 32.2 Å². The highest BCUT2D eigenvalue weighted by molar-refractivity contribution is 5.97. The Kier molecular flexibility index (Phi) is 4.51. The molecule has 17 heavy (non-hydrogen) atoms. The Morgan fingerprint density at radius 1 is 1.29 bits per heavy atom. The van der Waals surface area contributed by atoms with E-state index in [1.165, 1.54) is 12.1 Å². The molecule has 0 bridgehead atoms. The van der Waals surface area contributed by atoms with Crippen LogP contribution in [0.4, 0.5) is 18.9 Å². The Morgan fingerprint density at radius 2 is 1.88 bits per heavy atom. The van der Waals surface area contributed by atoms with Gasteiger partial charge in [-0.2, -0.15) is 13.2 Å². The van der Waals surface area contributed by atoms with E-state index in [4.69, 9.17) is 0 Å². The number of carbonyl (C=O) groups is 1. The number of rotatable bonds is 4. The molecule has 0 heterocycles. The molecule has 0 fully saturated rings. The third-order valence-corrected chi connectivity index (χ3v) is 2.14.